The summed E-state index contributed by atoms with van der Waals surface area (Å²) >= 11 is 0. The third-order valence-electron chi connectivity index (χ3n) is 3.43. The van der Waals surface area contributed by atoms with E-state index in [1.54, 1.807) is 18.2 Å². The van der Waals surface area contributed by atoms with Gasteiger partial charge in [0.1, 0.15) is 6.07 Å². The van der Waals surface area contributed by atoms with Crippen LogP contribution in [-0.2, 0) is 9.53 Å². The fourth-order valence-electron chi connectivity index (χ4n) is 2.28. The third kappa shape index (κ3) is 6.41. The van der Waals surface area contributed by atoms with E-state index in [0.717, 1.165) is 18.7 Å². The lowest BCUT2D eigenvalue weighted by Crippen LogP contribution is -2.42. The van der Waals surface area contributed by atoms with Gasteiger partial charge in [0.25, 0.3) is 5.91 Å². The van der Waals surface area contributed by atoms with E-state index < -0.39 is 0 Å². The number of carbonyl (C=O) groups is 1. The summed E-state index contributed by atoms with van der Waals surface area (Å²) in [7, 11) is 0. The highest BCUT2D eigenvalue weighted by molar-refractivity contribution is 5.83. The molecule has 0 bridgehead atoms. The normalized spacial score (nSPS) is 14.9. The number of rotatable bonds is 8. The van der Waals surface area contributed by atoms with Crippen molar-refractivity contribution in [3.05, 3.63) is 23.8 Å². The summed E-state index contributed by atoms with van der Waals surface area (Å²) in [6, 6.07) is 7.14. The van der Waals surface area contributed by atoms with Gasteiger partial charge < -0.3 is 14.2 Å². The molecule has 134 valence electrons. The van der Waals surface area contributed by atoms with Crippen LogP contribution in [0.5, 0.6) is 11.5 Å². The number of hydrogen-bond donors (Lipinski definition) is 1. The van der Waals surface area contributed by atoms with Gasteiger partial charge in [0, 0.05) is 13.1 Å². The number of morpholine rings is 1. The van der Waals surface area contributed by atoms with Crippen molar-refractivity contribution in [2.45, 2.75) is 6.92 Å². The molecule has 1 N–H and O–H groups in total. The number of nitriles is 1. The zero-order valence-electron chi connectivity index (χ0n) is 14.2. The first-order chi connectivity index (χ1) is 12.2. The molecule has 1 fully saturated rings. The second-order valence-corrected chi connectivity index (χ2v) is 5.27. The Labute approximate surface area is 147 Å². The van der Waals surface area contributed by atoms with Gasteiger partial charge in [-0.05, 0) is 30.7 Å². The van der Waals surface area contributed by atoms with E-state index in [0.29, 0.717) is 37.9 Å². The quantitative estimate of drug-likeness (QED) is 0.552. The number of amides is 1. The molecule has 0 radical (unpaired) electrons. The van der Waals surface area contributed by atoms with Gasteiger partial charge in [0.05, 0.1) is 32.6 Å². The summed E-state index contributed by atoms with van der Waals surface area (Å²) in [6.45, 7) is 5.38. The van der Waals surface area contributed by atoms with Gasteiger partial charge in [-0.1, -0.05) is 0 Å². The van der Waals surface area contributed by atoms with Crippen molar-refractivity contribution in [1.82, 2.24) is 10.3 Å². The molecule has 0 atom stereocenters. The van der Waals surface area contributed by atoms with Crippen molar-refractivity contribution >= 4 is 12.1 Å². The Morgan fingerprint density at radius 2 is 2.20 bits per heavy atom. The summed E-state index contributed by atoms with van der Waals surface area (Å²) in [5.74, 6) is 0.857. The van der Waals surface area contributed by atoms with E-state index >= 15 is 0 Å². The highest BCUT2D eigenvalue weighted by atomic mass is 16.5. The zero-order chi connectivity index (χ0) is 17.9. The molecule has 1 saturated heterocycles. The fourth-order valence-corrected chi connectivity index (χ4v) is 2.28. The zero-order valence-corrected chi connectivity index (χ0v) is 14.2. The van der Waals surface area contributed by atoms with E-state index in [9.17, 15) is 4.79 Å². The highest BCUT2D eigenvalue weighted by Gasteiger charge is 2.13. The van der Waals surface area contributed by atoms with Gasteiger partial charge in [-0.25, -0.2) is 5.43 Å². The molecule has 1 aliphatic rings. The minimum Gasteiger partial charge on any atom is -0.490 e. The number of hydrogen-bond acceptors (Lipinski definition) is 7. The van der Waals surface area contributed by atoms with E-state index in [4.69, 9.17) is 19.5 Å². The molecule has 1 aromatic rings. The number of nitrogens with zero attached hydrogens (tertiary/aromatic N) is 3. The van der Waals surface area contributed by atoms with E-state index in [1.807, 2.05) is 17.9 Å². The lowest BCUT2D eigenvalue weighted by molar-refractivity contribution is -0.123. The molecule has 1 aliphatic heterocycles. The lowest BCUT2D eigenvalue weighted by atomic mass is 10.2. The predicted molar refractivity (Wildman–Crippen MR) is 91.7 cm³/mol. The van der Waals surface area contributed by atoms with Crippen LogP contribution in [0.25, 0.3) is 0 Å². The van der Waals surface area contributed by atoms with Gasteiger partial charge in [-0.2, -0.15) is 10.4 Å². The van der Waals surface area contributed by atoms with Crippen molar-refractivity contribution in [2.24, 2.45) is 5.10 Å². The van der Waals surface area contributed by atoms with Crippen molar-refractivity contribution in [3.8, 4) is 17.6 Å². The average molecular weight is 346 g/mol. The Hall–Kier alpha value is -2.63. The van der Waals surface area contributed by atoms with Crippen LogP contribution in [0.1, 0.15) is 12.5 Å². The molecule has 8 heteroatoms. The number of carbonyl (C=O) groups excluding carboxylic acids is 1. The number of benzene rings is 1. The first-order valence-electron chi connectivity index (χ1n) is 8.11. The Morgan fingerprint density at radius 1 is 1.40 bits per heavy atom. The summed E-state index contributed by atoms with van der Waals surface area (Å²) in [4.78, 5) is 13.9. The molecule has 8 nitrogen and oxygen atoms in total. The molecule has 0 aliphatic carbocycles. The summed E-state index contributed by atoms with van der Waals surface area (Å²) in [5, 5.41) is 12.6. The second-order valence-electron chi connectivity index (χ2n) is 5.27. The number of nitrogens with one attached hydrogen (secondary N) is 1. The van der Waals surface area contributed by atoms with Crippen LogP contribution in [0.2, 0.25) is 0 Å². The molecule has 0 unspecified atom stereocenters. The van der Waals surface area contributed by atoms with Gasteiger partial charge in [0.2, 0.25) is 0 Å². The predicted octanol–water partition coefficient (Wildman–Crippen LogP) is 0.770. The first-order valence-corrected chi connectivity index (χ1v) is 8.11. The Morgan fingerprint density at radius 3 is 2.92 bits per heavy atom. The summed E-state index contributed by atoms with van der Waals surface area (Å²) in [6.07, 6.45) is 1.54. The molecular weight excluding hydrogens is 324 g/mol. The van der Waals surface area contributed by atoms with Gasteiger partial charge in [-0.15, -0.1) is 0 Å². The van der Waals surface area contributed by atoms with Crippen LogP contribution in [0.4, 0.5) is 0 Å². The Kier molecular flexibility index (Phi) is 7.69. The molecule has 0 spiro atoms. The topological polar surface area (TPSA) is 96.2 Å². The largest absolute Gasteiger partial charge is 0.490 e. The highest BCUT2D eigenvalue weighted by Crippen LogP contribution is 2.27. The maximum absolute atomic E-state index is 11.9. The molecule has 1 heterocycles. The maximum Gasteiger partial charge on any atom is 0.254 e. The molecular formula is C17H22N4O4. The summed E-state index contributed by atoms with van der Waals surface area (Å²) < 4.78 is 16.0. The SMILES string of the molecule is CCOc1cc(C=NNC(=O)CN2CCOCC2)ccc1OCC#N. The lowest BCUT2D eigenvalue weighted by Gasteiger charge is -2.25. The molecule has 2 rings (SSSR count). The molecule has 0 saturated carbocycles. The second kappa shape index (κ2) is 10.3. The van der Waals surface area contributed by atoms with E-state index in [1.165, 1.54) is 6.21 Å². The van der Waals surface area contributed by atoms with E-state index in [-0.39, 0.29) is 12.5 Å². The third-order valence-corrected chi connectivity index (χ3v) is 3.43. The summed E-state index contributed by atoms with van der Waals surface area (Å²) in [5.41, 5.74) is 3.26. The van der Waals surface area contributed by atoms with Crippen molar-refractivity contribution in [3.63, 3.8) is 0 Å². The Balaban J connectivity index is 1.89. The van der Waals surface area contributed by atoms with Crippen LogP contribution in [0.3, 0.4) is 0 Å². The van der Waals surface area contributed by atoms with Gasteiger partial charge >= 0.3 is 0 Å². The Bertz CT molecular complexity index is 636. The molecule has 25 heavy (non-hydrogen) atoms. The number of ether oxygens (including phenoxy) is 3. The van der Waals surface area contributed by atoms with Crippen LogP contribution in [0, 0.1) is 11.3 Å². The molecule has 0 aromatic heterocycles. The molecule has 1 aromatic carbocycles. The van der Waals surface area contributed by atoms with Crippen molar-refractivity contribution in [1.29, 1.82) is 5.26 Å². The average Bonchev–Trinajstić information content (AvgIpc) is 2.62. The van der Waals surface area contributed by atoms with Crippen LogP contribution in [-0.4, -0.2) is 63.1 Å². The first kappa shape index (κ1) is 18.7. The van der Waals surface area contributed by atoms with Gasteiger partial charge in [0.15, 0.2) is 18.1 Å². The van der Waals surface area contributed by atoms with E-state index in [2.05, 4.69) is 10.5 Å². The molecule has 1 amide bonds. The minimum atomic E-state index is -0.169. The standard InChI is InChI=1S/C17H22N4O4/c1-2-24-16-11-14(3-4-15(16)25-8-5-18)12-19-20-17(22)13-21-6-9-23-10-7-21/h3-4,11-12H,2,6-10,13H2,1H3,(H,20,22). The minimum absolute atomic E-state index is 0.0505. The monoisotopic (exact) mass is 346 g/mol. The van der Waals surface area contributed by atoms with Crippen LogP contribution >= 0.6 is 0 Å². The van der Waals surface area contributed by atoms with Crippen LogP contribution in [0.15, 0.2) is 23.3 Å². The van der Waals surface area contributed by atoms with Crippen LogP contribution < -0.4 is 14.9 Å². The van der Waals surface area contributed by atoms with Crippen molar-refractivity contribution < 1.29 is 19.0 Å². The fraction of sp³-hybridized carbons (Fsp3) is 0.471. The van der Waals surface area contributed by atoms with Gasteiger partial charge in [-0.3, -0.25) is 9.69 Å². The number of hydrazone groups is 1. The maximum atomic E-state index is 11.9. The smallest absolute Gasteiger partial charge is 0.254 e. The van der Waals surface area contributed by atoms with Crippen molar-refractivity contribution in [2.75, 3.05) is 46.1 Å².